The van der Waals surface area contributed by atoms with Gasteiger partial charge < -0.3 is 24.7 Å². The predicted octanol–water partition coefficient (Wildman–Crippen LogP) is 3.80. The molecule has 0 saturated heterocycles. The lowest BCUT2D eigenvalue weighted by Crippen LogP contribution is -2.12. The smallest absolute Gasteiger partial charge is 0.286 e. The van der Waals surface area contributed by atoms with Crippen LogP contribution in [0.15, 0.2) is 52.4 Å². The van der Waals surface area contributed by atoms with Crippen LogP contribution in [-0.4, -0.2) is 44.1 Å². The molecule has 3 rings (SSSR count). The molecular formula is C23H26N2O5S. The average Bonchev–Trinajstić information content (AvgIpc) is 3.06. The number of hydrogen-bond acceptors (Lipinski definition) is 7. The summed E-state index contributed by atoms with van der Waals surface area (Å²) in [6.45, 7) is 6.16. The zero-order valence-electron chi connectivity index (χ0n) is 17.6. The van der Waals surface area contributed by atoms with Crippen LogP contribution in [0.25, 0.3) is 6.08 Å². The Labute approximate surface area is 186 Å². The van der Waals surface area contributed by atoms with Crippen molar-refractivity contribution in [2.24, 2.45) is 10.7 Å². The summed E-state index contributed by atoms with van der Waals surface area (Å²) in [6, 6.07) is 13.4. The fraction of sp³-hybridized carbons (Fsp3) is 0.304. The van der Waals surface area contributed by atoms with Crippen molar-refractivity contribution in [2.75, 3.05) is 33.0 Å². The Kier molecular flexibility index (Phi) is 8.37. The van der Waals surface area contributed by atoms with Crippen molar-refractivity contribution in [2.45, 2.75) is 13.8 Å². The number of thioether (sulfide) groups is 1. The molecule has 0 aromatic heterocycles. The molecule has 0 bridgehead atoms. The average molecular weight is 443 g/mol. The van der Waals surface area contributed by atoms with Crippen molar-refractivity contribution < 1.29 is 23.7 Å². The van der Waals surface area contributed by atoms with Crippen LogP contribution in [0.2, 0.25) is 0 Å². The van der Waals surface area contributed by atoms with E-state index in [-0.39, 0.29) is 11.1 Å². The number of carbonyl (C=O) groups is 1. The molecule has 1 amide bonds. The van der Waals surface area contributed by atoms with Crippen molar-refractivity contribution >= 4 is 28.9 Å². The fourth-order valence-electron chi connectivity index (χ4n) is 2.82. The maximum atomic E-state index is 11.8. The molecule has 1 aliphatic heterocycles. The van der Waals surface area contributed by atoms with Crippen LogP contribution in [-0.2, 0) is 9.53 Å². The number of benzene rings is 2. The van der Waals surface area contributed by atoms with Gasteiger partial charge in [-0.2, -0.15) is 4.99 Å². The van der Waals surface area contributed by atoms with Crippen LogP contribution < -0.4 is 19.9 Å². The Morgan fingerprint density at radius 1 is 0.968 bits per heavy atom. The normalized spacial score (nSPS) is 14.6. The third-order valence-corrected chi connectivity index (χ3v) is 5.08. The van der Waals surface area contributed by atoms with E-state index in [4.69, 9.17) is 24.7 Å². The SMILES string of the molecule is CCOc1cc(/C=C2\SC(N)=NC2=O)ccc1OCCOCCOc1ccccc1C. The summed E-state index contributed by atoms with van der Waals surface area (Å²) in [5.74, 6) is 1.75. The minimum absolute atomic E-state index is 0.255. The zero-order valence-corrected chi connectivity index (χ0v) is 18.4. The topological polar surface area (TPSA) is 92.4 Å². The largest absolute Gasteiger partial charge is 0.491 e. The maximum Gasteiger partial charge on any atom is 0.286 e. The molecule has 8 heteroatoms. The van der Waals surface area contributed by atoms with Crippen molar-refractivity contribution in [3.63, 3.8) is 0 Å². The lowest BCUT2D eigenvalue weighted by molar-refractivity contribution is -0.113. The highest BCUT2D eigenvalue weighted by Crippen LogP contribution is 2.32. The first-order valence-electron chi connectivity index (χ1n) is 10.0. The molecule has 0 fully saturated rings. The molecule has 1 aliphatic rings. The van der Waals surface area contributed by atoms with E-state index in [0.29, 0.717) is 49.4 Å². The summed E-state index contributed by atoms with van der Waals surface area (Å²) in [5.41, 5.74) is 7.50. The van der Waals surface area contributed by atoms with Gasteiger partial charge in [0.25, 0.3) is 5.91 Å². The number of amidine groups is 1. The maximum absolute atomic E-state index is 11.8. The predicted molar refractivity (Wildman–Crippen MR) is 123 cm³/mol. The van der Waals surface area contributed by atoms with Gasteiger partial charge in [0.15, 0.2) is 16.7 Å². The van der Waals surface area contributed by atoms with Crippen molar-refractivity contribution in [3.05, 3.63) is 58.5 Å². The monoisotopic (exact) mass is 442 g/mol. The van der Waals surface area contributed by atoms with Gasteiger partial charge in [-0.15, -0.1) is 0 Å². The summed E-state index contributed by atoms with van der Waals surface area (Å²) in [5, 5.41) is 0.255. The van der Waals surface area contributed by atoms with E-state index in [0.717, 1.165) is 28.6 Å². The zero-order chi connectivity index (χ0) is 22.1. The van der Waals surface area contributed by atoms with E-state index in [9.17, 15) is 4.79 Å². The molecule has 2 N–H and O–H groups in total. The number of ether oxygens (including phenoxy) is 4. The van der Waals surface area contributed by atoms with Crippen LogP contribution in [0, 0.1) is 6.92 Å². The van der Waals surface area contributed by atoms with E-state index >= 15 is 0 Å². The first-order valence-corrected chi connectivity index (χ1v) is 10.8. The van der Waals surface area contributed by atoms with E-state index < -0.39 is 0 Å². The van der Waals surface area contributed by atoms with Crippen LogP contribution in [0.3, 0.4) is 0 Å². The van der Waals surface area contributed by atoms with E-state index in [2.05, 4.69) is 4.99 Å². The van der Waals surface area contributed by atoms with Gasteiger partial charge in [0.05, 0.1) is 24.7 Å². The second-order valence-corrected chi connectivity index (χ2v) is 7.64. The Hall–Kier alpha value is -2.97. The molecule has 2 aromatic rings. The molecule has 0 aliphatic carbocycles. The first-order chi connectivity index (χ1) is 15.1. The third kappa shape index (κ3) is 6.77. The van der Waals surface area contributed by atoms with Crippen molar-refractivity contribution in [1.82, 2.24) is 0 Å². The molecule has 31 heavy (non-hydrogen) atoms. The number of nitrogens with zero attached hydrogens (tertiary/aromatic N) is 1. The Morgan fingerprint density at radius 2 is 1.71 bits per heavy atom. The molecule has 1 heterocycles. The molecule has 0 saturated carbocycles. The Bertz CT molecular complexity index is 974. The highest BCUT2D eigenvalue weighted by molar-refractivity contribution is 8.18. The second kappa shape index (κ2) is 11.4. The van der Waals surface area contributed by atoms with E-state index in [1.165, 1.54) is 0 Å². The number of para-hydroxylation sites is 1. The van der Waals surface area contributed by atoms with Gasteiger partial charge in [-0.25, -0.2) is 0 Å². The van der Waals surface area contributed by atoms with Crippen LogP contribution in [0.4, 0.5) is 0 Å². The minimum atomic E-state index is -0.329. The van der Waals surface area contributed by atoms with Gasteiger partial charge in [0.1, 0.15) is 19.0 Å². The van der Waals surface area contributed by atoms with Crippen LogP contribution in [0.1, 0.15) is 18.1 Å². The van der Waals surface area contributed by atoms with Gasteiger partial charge in [-0.05, 0) is 61.0 Å². The number of nitrogens with two attached hydrogens (primary N) is 1. The van der Waals surface area contributed by atoms with Crippen LogP contribution in [0.5, 0.6) is 17.2 Å². The molecule has 7 nitrogen and oxygen atoms in total. The molecule has 0 unspecified atom stereocenters. The highest BCUT2D eigenvalue weighted by Gasteiger charge is 2.19. The summed E-state index contributed by atoms with van der Waals surface area (Å²) in [7, 11) is 0. The van der Waals surface area contributed by atoms with Gasteiger partial charge >= 0.3 is 0 Å². The summed E-state index contributed by atoms with van der Waals surface area (Å²) in [4.78, 5) is 16.0. The summed E-state index contributed by atoms with van der Waals surface area (Å²) in [6.07, 6.45) is 1.74. The number of rotatable bonds is 11. The molecule has 0 spiro atoms. The lowest BCUT2D eigenvalue weighted by Gasteiger charge is -2.13. The quantitative estimate of drug-likeness (QED) is 0.418. The third-order valence-electron chi connectivity index (χ3n) is 4.27. The Morgan fingerprint density at radius 3 is 2.39 bits per heavy atom. The Balaban J connectivity index is 1.46. The van der Waals surface area contributed by atoms with Gasteiger partial charge in [0.2, 0.25) is 0 Å². The number of aryl methyl sites for hydroxylation is 1. The highest BCUT2D eigenvalue weighted by atomic mass is 32.2. The standard InChI is InChI=1S/C23H26N2O5S/c1-3-28-20-14-17(15-21-22(26)25-23(24)31-21)8-9-19(20)30-13-11-27-10-12-29-18-7-5-4-6-16(18)2/h4-9,14-15H,3,10-13H2,1-2H3,(H2,24,25,26)/b21-15-. The first kappa shape index (κ1) is 22.7. The van der Waals surface area contributed by atoms with Gasteiger partial charge in [-0.3, -0.25) is 4.79 Å². The van der Waals surface area contributed by atoms with Crippen molar-refractivity contribution in [3.8, 4) is 17.2 Å². The number of hydrogen-bond donors (Lipinski definition) is 1. The van der Waals surface area contributed by atoms with E-state index in [1.54, 1.807) is 6.08 Å². The fourth-order valence-corrected chi connectivity index (χ4v) is 3.50. The number of amides is 1. The molecular weight excluding hydrogens is 416 g/mol. The number of carbonyl (C=O) groups excluding carboxylic acids is 1. The molecule has 2 aromatic carbocycles. The summed E-state index contributed by atoms with van der Waals surface area (Å²) < 4.78 is 22.8. The minimum Gasteiger partial charge on any atom is -0.491 e. The van der Waals surface area contributed by atoms with E-state index in [1.807, 2.05) is 56.3 Å². The van der Waals surface area contributed by atoms with Crippen molar-refractivity contribution in [1.29, 1.82) is 0 Å². The molecule has 0 atom stereocenters. The molecule has 0 radical (unpaired) electrons. The van der Waals surface area contributed by atoms with Crippen LogP contribution >= 0.6 is 11.8 Å². The van der Waals surface area contributed by atoms with Gasteiger partial charge in [-0.1, -0.05) is 24.3 Å². The summed E-state index contributed by atoms with van der Waals surface area (Å²) >= 11 is 1.15. The molecule has 164 valence electrons. The second-order valence-electron chi connectivity index (χ2n) is 6.58. The number of aliphatic imine (C=N–C) groups is 1. The lowest BCUT2D eigenvalue weighted by atomic mass is 10.2. The van der Waals surface area contributed by atoms with Gasteiger partial charge in [0, 0.05) is 0 Å².